The minimum absolute atomic E-state index is 0.597. The zero-order chi connectivity index (χ0) is 11.7. The lowest BCUT2D eigenvalue weighted by Crippen LogP contribution is -2.07. The van der Waals surface area contributed by atoms with E-state index in [1.54, 1.807) is 36.1 Å². The Balaban J connectivity index is 2.45. The van der Waals surface area contributed by atoms with Gasteiger partial charge in [-0.15, -0.1) is 0 Å². The van der Waals surface area contributed by atoms with Crippen LogP contribution in [0.15, 0.2) is 34.9 Å². The third-order valence-corrected chi connectivity index (χ3v) is 3.35. The lowest BCUT2D eigenvalue weighted by Gasteiger charge is -2.13. The van der Waals surface area contributed by atoms with Crippen molar-refractivity contribution in [2.45, 2.75) is 6.10 Å². The Kier molecular flexibility index (Phi) is 3.33. The van der Waals surface area contributed by atoms with Crippen LogP contribution in [0.1, 0.15) is 17.4 Å². The number of hydrogen-bond acceptors (Lipinski definition) is 2. The Morgan fingerprint density at radius 2 is 2.19 bits per heavy atom. The highest BCUT2D eigenvalue weighted by Crippen LogP contribution is 2.30. The van der Waals surface area contributed by atoms with Gasteiger partial charge in [-0.1, -0.05) is 27.5 Å². The van der Waals surface area contributed by atoms with Crippen molar-refractivity contribution >= 4 is 27.5 Å². The zero-order valence-corrected chi connectivity index (χ0v) is 10.9. The van der Waals surface area contributed by atoms with E-state index in [4.69, 9.17) is 11.6 Å². The summed E-state index contributed by atoms with van der Waals surface area (Å²) >= 11 is 9.30. The van der Waals surface area contributed by atoms with Crippen molar-refractivity contribution in [2.75, 3.05) is 0 Å². The summed E-state index contributed by atoms with van der Waals surface area (Å²) in [6.07, 6.45) is 0.914. The molecular weight excluding hydrogens is 291 g/mol. The molecule has 3 nitrogen and oxygen atoms in total. The van der Waals surface area contributed by atoms with E-state index >= 15 is 0 Å². The number of benzene rings is 1. The van der Waals surface area contributed by atoms with Gasteiger partial charge in [0.2, 0.25) is 0 Å². The number of nitrogens with zero attached hydrogens (tertiary/aromatic N) is 2. The second-order valence-corrected chi connectivity index (χ2v) is 4.74. The van der Waals surface area contributed by atoms with Crippen molar-refractivity contribution in [3.63, 3.8) is 0 Å². The fraction of sp³-hybridized carbons (Fsp3) is 0.182. The highest BCUT2D eigenvalue weighted by Gasteiger charge is 2.16. The standard InChI is InChI=1S/C11H10BrClN2O/c1-15-10(4-5-14-15)11(16)8-6-7(13)2-3-9(8)12/h2-6,11,16H,1H3. The highest BCUT2D eigenvalue weighted by atomic mass is 79.9. The van der Waals surface area contributed by atoms with Gasteiger partial charge in [0.15, 0.2) is 0 Å². The van der Waals surface area contributed by atoms with Gasteiger partial charge in [-0.2, -0.15) is 5.10 Å². The molecule has 1 aromatic heterocycles. The van der Waals surface area contributed by atoms with E-state index in [0.29, 0.717) is 5.02 Å². The lowest BCUT2D eigenvalue weighted by atomic mass is 10.1. The largest absolute Gasteiger partial charge is 0.382 e. The topological polar surface area (TPSA) is 38.0 Å². The number of hydrogen-bond donors (Lipinski definition) is 1. The van der Waals surface area contributed by atoms with Crippen LogP contribution in [-0.2, 0) is 7.05 Å². The van der Waals surface area contributed by atoms with Gasteiger partial charge in [-0.3, -0.25) is 4.68 Å². The van der Waals surface area contributed by atoms with E-state index in [9.17, 15) is 5.11 Å². The lowest BCUT2D eigenvalue weighted by molar-refractivity contribution is 0.209. The first-order valence-electron chi connectivity index (χ1n) is 4.70. The second kappa shape index (κ2) is 4.57. The fourth-order valence-electron chi connectivity index (χ4n) is 1.54. The molecule has 84 valence electrons. The minimum atomic E-state index is -0.736. The molecular formula is C11H10BrClN2O. The average Bonchev–Trinajstić information content (AvgIpc) is 2.67. The van der Waals surface area contributed by atoms with Crippen molar-refractivity contribution in [3.05, 3.63) is 51.2 Å². The van der Waals surface area contributed by atoms with Crippen molar-refractivity contribution in [3.8, 4) is 0 Å². The predicted molar refractivity (Wildman–Crippen MR) is 66.4 cm³/mol. The van der Waals surface area contributed by atoms with Gasteiger partial charge >= 0.3 is 0 Å². The molecule has 1 aromatic carbocycles. The predicted octanol–water partition coefficient (Wildman–Crippen LogP) is 2.92. The molecule has 0 aliphatic heterocycles. The average molecular weight is 302 g/mol. The number of aryl methyl sites for hydroxylation is 1. The van der Waals surface area contributed by atoms with Crippen LogP contribution in [-0.4, -0.2) is 14.9 Å². The first-order valence-corrected chi connectivity index (χ1v) is 5.87. The summed E-state index contributed by atoms with van der Waals surface area (Å²) in [4.78, 5) is 0. The molecule has 0 amide bonds. The van der Waals surface area contributed by atoms with Gasteiger partial charge in [-0.05, 0) is 24.3 Å². The molecule has 2 aromatic rings. The van der Waals surface area contributed by atoms with E-state index < -0.39 is 6.10 Å². The molecule has 2 rings (SSSR count). The number of rotatable bonds is 2. The van der Waals surface area contributed by atoms with Gasteiger partial charge in [0, 0.05) is 28.3 Å². The third kappa shape index (κ3) is 2.14. The molecule has 16 heavy (non-hydrogen) atoms. The summed E-state index contributed by atoms with van der Waals surface area (Å²) in [5, 5.41) is 14.8. The van der Waals surface area contributed by atoms with Gasteiger partial charge in [0.1, 0.15) is 6.10 Å². The molecule has 1 unspecified atom stereocenters. The minimum Gasteiger partial charge on any atom is -0.382 e. The van der Waals surface area contributed by atoms with E-state index in [1.165, 1.54) is 0 Å². The van der Waals surface area contributed by atoms with Crippen LogP contribution in [0.2, 0.25) is 5.02 Å². The normalized spacial score (nSPS) is 12.8. The van der Waals surface area contributed by atoms with Crippen LogP contribution in [0.3, 0.4) is 0 Å². The second-order valence-electron chi connectivity index (χ2n) is 3.45. The molecule has 0 saturated heterocycles. The van der Waals surface area contributed by atoms with E-state index in [2.05, 4.69) is 21.0 Å². The molecule has 0 aliphatic rings. The molecule has 0 radical (unpaired) electrons. The first-order chi connectivity index (χ1) is 7.59. The summed E-state index contributed by atoms with van der Waals surface area (Å²) in [7, 11) is 1.79. The fourth-order valence-corrected chi connectivity index (χ4v) is 2.18. The summed E-state index contributed by atoms with van der Waals surface area (Å²) < 4.78 is 2.46. The van der Waals surface area contributed by atoms with E-state index in [1.807, 2.05) is 6.07 Å². The number of aromatic nitrogens is 2. The van der Waals surface area contributed by atoms with Gasteiger partial charge in [0.25, 0.3) is 0 Å². The van der Waals surface area contributed by atoms with Gasteiger partial charge < -0.3 is 5.11 Å². The molecule has 0 spiro atoms. The van der Waals surface area contributed by atoms with Crippen molar-refractivity contribution in [1.29, 1.82) is 0 Å². The van der Waals surface area contributed by atoms with Crippen LogP contribution in [0.5, 0.6) is 0 Å². The van der Waals surface area contributed by atoms with Crippen LogP contribution in [0.25, 0.3) is 0 Å². The summed E-state index contributed by atoms with van der Waals surface area (Å²) in [6.45, 7) is 0. The van der Waals surface area contributed by atoms with Gasteiger partial charge in [-0.25, -0.2) is 0 Å². The van der Waals surface area contributed by atoms with Crippen molar-refractivity contribution < 1.29 is 5.11 Å². The van der Waals surface area contributed by atoms with Gasteiger partial charge in [0.05, 0.1) is 5.69 Å². The monoisotopic (exact) mass is 300 g/mol. The summed E-state index contributed by atoms with van der Waals surface area (Å²) in [6, 6.07) is 7.10. The van der Waals surface area contributed by atoms with Crippen LogP contribution < -0.4 is 0 Å². The Labute approximate surface area is 107 Å². The SMILES string of the molecule is Cn1nccc1C(O)c1cc(Cl)ccc1Br. The molecule has 0 fully saturated rings. The molecule has 1 heterocycles. The first kappa shape index (κ1) is 11.6. The Morgan fingerprint density at radius 1 is 1.44 bits per heavy atom. The maximum absolute atomic E-state index is 10.2. The molecule has 0 saturated carbocycles. The van der Waals surface area contributed by atoms with E-state index in [0.717, 1.165) is 15.7 Å². The summed E-state index contributed by atoms with van der Waals surface area (Å²) in [5.41, 5.74) is 1.46. The smallest absolute Gasteiger partial charge is 0.122 e. The molecule has 0 aliphatic carbocycles. The summed E-state index contributed by atoms with van der Waals surface area (Å²) in [5.74, 6) is 0. The maximum Gasteiger partial charge on any atom is 0.122 e. The molecule has 1 N–H and O–H groups in total. The van der Waals surface area contributed by atoms with Crippen LogP contribution in [0, 0.1) is 0 Å². The molecule has 1 atom stereocenters. The quantitative estimate of drug-likeness (QED) is 0.926. The Morgan fingerprint density at radius 3 is 2.81 bits per heavy atom. The molecule has 0 bridgehead atoms. The zero-order valence-electron chi connectivity index (χ0n) is 8.56. The van der Waals surface area contributed by atoms with Crippen molar-refractivity contribution in [2.24, 2.45) is 7.05 Å². The number of aliphatic hydroxyl groups excluding tert-OH is 1. The van der Waals surface area contributed by atoms with Crippen LogP contribution in [0.4, 0.5) is 0 Å². The Hall–Kier alpha value is -0.840. The van der Waals surface area contributed by atoms with E-state index in [-0.39, 0.29) is 0 Å². The third-order valence-electron chi connectivity index (χ3n) is 2.39. The number of aliphatic hydroxyl groups is 1. The van der Waals surface area contributed by atoms with Crippen molar-refractivity contribution in [1.82, 2.24) is 9.78 Å². The Bertz CT molecular complexity index is 512. The van der Waals surface area contributed by atoms with Crippen LogP contribution >= 0.6 is 27.5 Å². The maximum atomic E-state index is 10.2. The number of halogens is 2. The highest BCUT2D eigenvalue weighted by molar-refractivity contribution is 9.10. The molecule has 5 heteroatoms.